The number of rotatable bonds is 4. The first kappa shape index (κ1) is 14.9. The largest absolute Gasteiger partial charge is 0.496 e. The third kappa shape index (κ3) is 3.74. The van der Waals surface area contributed by atoms with E-state index in [4.69, 9.17) is 16.3 Å². The number of alkyl halides is 1. The summed E-state index contributed by atoms with van der Waals surface area (Å²) < 4.78 is 6.28. The molecule has 0 aliphatic heterocycles. The minimum Gasteiger partial charge on any atom is -0.496 e. The van der Waals surface area contributed by atoms with E-state index in [0.717, 1.165) is 27.2 Å². The average molecular weight is 405 g/mol. The summed E-state index contributed by atoms with van der Waals surface area (Å²) in [7, 11) is 1.69. The maximum atomic E-state index is 6.13. The van der Waals surface area contributed by atoms with Gasteiger partial charge in [-0.15, -0.1) is 0 Å². The Morgan fingerprint density at radius 2 is 1.95 bits per heavy atom. The smallest absolute Gasteiger partial charge is 0.122 e. The predicted octanol–water partition coefficient (Wildman–Crippen LogP) is 5.79. The lowest BCUT2D eigenvalue weighted by Gasteiger charge is -2.14. The Morgan fingerprint density at radius 3 is 2.63 bits per heavy atom. The lowest BCUT2D eigenvalue weighted by molar-refractivity contribution is 0.409. The van der Waals surface area contributed by atoms with Crippen LogP contribution in [0, 0.1) is 0 Å². The molecule has 1 nitrogen and oxygen atoms in total. The minimum absolute atomic E-state index is 0.203. The van der Waals surface area contributed by atoms with E-state index in [1.165, 1.54) is 5.56 Å². The van der Waals surface area contributed by atoms with Crippen LogP contribution < -0.4 is 4.74 Å². The molecule has 0 bridgehead atoms. The van der Waals surface area contributed by atoms with Crippen LogP contribution in [0.5, 0.6) is 5.75 Å². The average Bonchev–Trinajstić information content (AvgIpc) is 2.42. The van der Waals surface area contributed by atoms with Gasteiger partial charge in [0, 0.05) is 9.30 Å². The first-order valence-electron chi connectivity index (χ1n) is 5.82. The first-order chi connectivity index (χ1) is 9.11. The highest BCUT2D eigenvalue weighted by Crippen LogP contribution is 2.33. The SMILES string of the molecule is COc1ccccc1CC(Br)c1ccc(Br)c(Cl)c1. The number of hydrogen-bond donors (Lipinski definition) is 0. The van der Waals surface area contributed by atoms with E-state index >= 15 is 0 Å². The molecule has 0 N–H and O–H groups in total. The molecule has 19 heavy (non-hydrogen) atoms. The van der Waals surface area contributed by atoms with Crippen LogP contribution in [0.3, 0.4) is 0 Å². The zero-order chi connectivity index (χ0) is 13.8. The molecule has 0 aromatic heterocycles. The van der Waals surface area contributed by atoms with Crippen molar-refractivity contribution in [3.8, 4) is 5.75 Å². The summed E-state index contributed by atoms with van der Waals surface area (Å²) in [5, 5.41) is 0.724. The van der Waals surface area contributed by atoms with Crippen molar-refractivity contribution in [3.05, 3.63) is 63.1 Å². The molecule has 0 amide bonds. The summed E-state index contributed by atoms with van der Waals surface area (Å²) in [6.45, 7) is 0. The van der Waals surface area contributed by atoms with E-state index in [1.807, 2.05) is 30.3 Å². The lowest BCUT2D eigenvalue weighted by Crippen LogP contribution is -1.98. The Bertz CT molecular complexity index is 572. The fourth-order valence-corrected chi connectivity index (χ4v) is 2.96. The van der Waals surface area contributed by atoms with Gasteiger partial charge >= 0.3 is 0 Å². The molecule has 0 heterocycles. The van der Waals surface area contributed by atoms with Crippen LogP contribution in [0.2, 0.25) is 5.02 Å². The van der Waals surface area contributed by atoms with Crippen molar-refractivity contribution in [2.75, 3.05) is 7.11 Å². The van der Waals surface area contributed by atoms with E-state index in [1.54, 1.807) is 7.11 Å². The Labute approximate surface area is 135 Å². The summed E-state index contributed by atoms with van der Waals surface area (Å²) in [5.41, 5.74) is 2.32. The number of methoxy groups -OCH3 is 1. The van der Waals surface area contributed by atoms with Crippen molar-refractivity contribution in [3.63, 3.8) is 0 Å². The Balaban J connectivity index is 2.20. The fraction of sp³-hybridized carbons (Fsp3) is 0.200. The van der Waals surface area contributed by atoms with Gasteiger partial charge in [-0.1, -0.05) is 51.8 Å². The highest BCUT2D eigenvalue weighted by molar-refractivity contribution is 9.10. The van der Waals surface area contributed by atoms with Crippen molar-refractivity contribution < 1.29 is 4.74 Å². The highest BCUT2D eigenvalue weighted by atomic mass is 79.9. The molecule has 0 spiro atoms. The van der Waals surface area contributed by atoms with Crippen LogP contribution in [-0.2, 0) is 6.42 Å². The molecule has 0 aliphatic rings. The maximum absolute atomic E-state index is 6.13. The molecule has 1 atom stereocenters. The second-order valence-electron chi connectivity index (χ2n) is 4.16. The van der Waals surface area contributed by atoms with Gasteiger partial charge in [0.1, 0.15) is 5.75 Å². The monoisotopic (exact) mass is 402 g/mol. The standard InChI is InChI=1S/C15H13Br2ClO/c1-19-15-5-3-2-4-11(15)8-13(17)10-6-7-12(16)14(18)9-10/h2-7,9,13H,8H2,1H3. The molecule has 2 rings (SSSR count). The van der Waals surface area contributed by atoms with Crippen LogP contribution in [0.4, 0.5) is 0 Å². The van der Waals surface area contributed by atoms with Crippen molar-refractivity contribution in [1.29, 1.82) is 0 Å². The molecule has 0 saturated carbocycles. The zero-order valence-electron chi connectivity index (χ0n) is 10.4. The van der Waals surface area contributed by atoms with E-state index in [9.17, 15) is 0 Å². The molecule has 0 fully saturated rings. The zero-order valence-corrected chi connectivity index (χ0v) is 14.3. The summed E-state index contributed by atoms with van der Waals surface area (Å²) in [4.78, 5) is 0.203. The number of para-hydroxylation sites is 1. The highest BCUT2D eigenvalue weighted by Gasteiger charge is 2.12. The molecule has 2 aromatic rings. The van der Waals surface area contributed by atoms with Crippen molar-refractivity contribution in [1.82, 2.24) is 0 Å². The molecule has 0 saturated heterocycles. The molecular formula is C15H13Br2ClO. The second-order valence-corrected chi connectivity index (χ2v) is 6.52. The Kier molecular flexibility index (Phi) is 5.31. The predicted molar refractivity (Wildman–Crippen MR) is 87.5 cm³/mol. The van der Waals surface area contributed by atoms with Crippen LogP contribution in [0.15, 0.2) is 46.9 Å². The van der Waals surface area contributed by atoms with Crippen molar-refractivity contribution >= 4 is 43.5 Å². The van der Waals surface area contributed by atoms with E-state index in [0.29, 0.717) is 0 Å². The molecular weight excluding hydrogens is 391 g/mol. The molecule has 1 unspecified atom stereocenters. The van der Waals surface area contributed by atoms with Crippen LogP contribution in [-0.4, -0.2) is 7.11 Å². The Morgan fingerprint density at radius 1 is 1.21 bits per heavy atom. The third-order valence-electron chi connectivity index (χ3n) is 2.90. The normalized spacial score (nSPS) is 12.2. The van der Waals surface area contributed by atoms with E-state index < -0.39 is 0 Å². The van der Waals surface area contributed by atoms with Gasteiger partial charge in [0.25, 0.3) is 0 Å². The van der Waals surface area contributed by atoms with Crippen LogP contribution in [0.25, 0.3) is 0 Å². The molecule has 0 radical (unpaired) electrons. The summed E-state index contributed by atoms with van der Waals surface area (Å²) in [6.07, 6.45) is 0.849. The first-order valence-corrected chi connectivity index (χ1v) is 7.91. The Hall–Kier alpha value is -0.510. The summed E-state index contributed by atoms with van der Waals surface area (Å²) in [6, 6.07) is 14.0. The molecule has 2 aromatic carbocycles. The number of halogens is 3. The van der Waals surface area contributed by atoms with Crippen molar-refractivity contribution in [2.45, 2.75) is 11.2 Å². The second kappa shape index (κ2) is 6.78. The summed E-state index contributed by atoms with van der Waals surface area (Å²) in [5.74, 6) is 0.912. The number of ether oxygens (including phenoxy) is 1. The summed E-state index contributed by atoms with van der Waals surface area (Å²) >= 11 is 13.2. The van der Waals surface area contributed by atoms with Gasteiger partial charge in [0.05, 0.1) is 12.1 Å². The van der Waals surface area contributed by atoms with Crippen molar-refractivity contribution in [2.24, 2.45) is 0 Å². The van der Waals surface area contributed by atoms with Gasteiger partial charge in [-0.3, -0.25) is 0 Å². The van der Waals surface area contributed by atoms with Gasteiger partial charge in [-0.2, -0.15) is 0 Å². The van der Waals surface area contributed by atoms with E-state index in [2.05, 4.69) is 44.0 Å². The van der Waals surface area contributed by atoms with Gasteiger partial charge in [-0.25, -0.2) is 0 Å². The van der Waals surface area contributed by atoms with Gasteiger partial charge in [-0.05, 0) is 51.7 Å². The van der Waals surface area contributed by atoms with Gasteiger partial charge < -0.3 is 4.74 Å². The molecule has 4 heteroatoms. The topological polar surface area (TPSA) is 9.23 Å². The fourth-order valence-electron chi connectivity index (χ4n) is 1.89. The molecule has 100 valence electrons. The maximum Gasteiger partial charge on any atom is 0.122 e. The van der Waals surface area contributed by atoms with Gasteiger partial charge in [0.15, 0.2) is 0 Å². The van der Waals surface area contributed by atoms with E-state index in [-0.39, 0.29) is 4.83 Å². The number of hydrogen-bond acceptors (Lipinski definition) is 1. The number of benzene rings is 2. The quantitative estimate of drug-likeness (QED) is 0.586. The minimum atomic E-state index is 0.203. The van der Waals surface area contributed by atoms with Crippen LogP contribution in [0.1, 0.15) is 16.0 Å². The van der Waals surface area contributed by atoms with Gasteiger partial charge in [0.2, 0.25) is 0 Å². The van der Waals surface area contributed by atoms with Crippen LogP contribution >= 0.6 is 43.5 Å². The third-order valence-corrected chi connectivity index (χ3v) is 4.98. The lowest BCUT2D eigenvalue weighted by atomic mass is 10.0. The molecule has 0 aliphatic carbocycles.